The van der Waals surface area contributed by atoms with Gasteiger partial charge in [0.1, 0.15) is 5.01 Å². The summed E-state index contributed by atoms with van der Waals surface area (Å²) in [7, 11) is 0. The lowest BCUT2D eigenvalue weighted by atomic mass is 10.1. The number of fused-ring (bicyclic) bond motifs is 1. The van der Waals surface area contributed by atoms with Crippen LogP contribution in [0.2, 0.25) is 0 Å². The third-order valence-corrected chi connectivity index (χ3v) is 6.25. The Labute approximate surface area is 155 Å². The van der Waals surface area contributed by atoms with Crippen molar-refractivity contribution in [1.82, 2.24) is 14.8 Å². The van der Waals surface area contributed by atoms with Crippen molar-refractivity contribution in [3.63, 3.8) is 0 Å². The van der Waals surface area contributed by atoms with Gasteiger partial charge >= 0.3 is 0 Å². The molecule has 1 aliphatic heterocycles. The highest BCUT2D eigenvalue weighted by molar-refractivity contribution is 7.18. The summed E-state index contributed by atoms with van der Waals surface area (Å²) >= 11 is 1.75. The lowest BCUT2D eigenvalue weighted by Crippen LogP contribution is -2.46. The van der Waals surface area contributed by atoms with Crippen molar-refractivity contribution in [2.75, 3.05) is 26.2 Å². The van der Waals surface area contributed by atoms with Gasteiger partial charge in [0, 0.05) is 38.3 Å². The molecule has 26 heavy (non-hydrogen) atoms. The maximum Gasteiger partial charge on any atom is 0.163 e. The van der Waals surface area contributed by atoms with Crippen LogP contribution in [0, 0.1) is 11.6 Å². The first-order valence-electron chi connectivity index (χ1n) is 8.86. The molecule has 1 atom stereocenters. The van der Waals surface area contributed by atoms with Gasteiger partial charge in [0.2, 0.25) is 0 Å². The van der Waals surface area contributed by atoms with Crippen LogP contribution in [0.5, 0.6) is 0 Å². The molecule has 0 N–H and O–H groups in total. The van der Waals surface area contributed by atoms with Crippen LogP contribution in [-0.2, 0) is 6.54 Å². The van der Waals surface area contributed by atoms with Crippen LogP contribution in [0.25, 0.3) is 10.2 Å². The molecule has 136 valence electrons. The van der Waals surface area contributed by atoms with Gasteiger partial charge in [-0.3, -0.25) is 9.80 Å². The predicted molar refractivity (Wildman–Crippen MR) is 101 cm³/mol. The Morgan fingerprint density at radius 1 is 1.04 bits per heavy atom. The number of halogens is 2. The van der Waals surface area contributed by atoms with Gasteiger partial charge in [-0.15, -0.1) is 11.3 Å². The molecule has 0 spiro atoms. The molecular weight excluding hydrogens is 352 g/mol. The van der Waals surface area contributed by atoms with Crippen LogP contribution in [0.1, 0.15) is 23.5 Å². The molecule has 6 heteroatoms. The molecule has 1 saturated heterocycles. The maximum atomic E-state index is 13.9. The van der Waals surface area contributed by atoms with Crippen molar-refractivity contribution in [2.24, 2.45) is 0 Å². The van der Waals surface area contributed by atoms with Crippen LogP contribution < -0.4 is 0 Å². The standard InChI is InChI=1S/C20H21F2N3S/c1-14(20-23-17-7-2-3-8-18(17)26-20)25-11-9-24(10-12-25)13-15-5-4-6-16(21)19(15)22/h2-8,14H,9-13H2,1H3/t14-/m0/s1. The summed E-state index contributed by atoms with van der Waals surface area (Å²) in [4.78, 5) is 9.36. The van der Waals surface area contributed by atoms with Gasteiger partial charge in [0.15, 0.2) is 11.6 Å². The molecule has 0 amide bonds. The van der Waals surface area contributed by atoms with E-state index in [0.29, 0.717) is 12.1 Å². The number of aromatic nitrogens is 1. The lowest BCUT2D eigenvalue weighted by Gasteiger charge is -2.37. The Morgan fingerprint density at radius 2 is 1.81 bits per heavy atom. The van der Waals surface area contributed by atoms with E-state index in [1.165, 1.54) is 4.70 Å². The van der Waals surface area contributed by atoms with Crippen molar-refractivity contribution in [3.8, 4) is 0 Å². The number of benzene rings is 2. The van der Waals surface area contributed by atoms with E-state index in [2.05, 4.69) is 22.8 Å². The summed E-state index contributed by atoms with van der Waals surface area (Å²) in [6.07, 6.45) is 0. The second kappa shape index (κ2) is 7.39. The first kappa shape index (κ1) is 17.5. The molecule has 0 bridgehead atoms. The Morgan fingerprint density at radius 3 is 2.58 bits per heavy atom. The summed E-state index contributed by atoms with van der Waals surface area (Å²) in [5.74, 6) is -1.50. The molecular formula is C20H21F2N3S. The van der Waals surface area contributed by atoms with E-state index in [4.69, 9.17) is 4.98 Å². The highest BCUT2D eigenvalue weighted by Crippen LogP contribution is 2.30. The number of para-hydroxylation sites is 1. The zero-order valence-electron chi connectivity index (χ0n) is 14.7. The molecule has 2 heterocycles. The highest BCUT2D eigenvalue weighted by Gasteiger charge is 2.24. The summed E-state index contributed by atoms with van der Waals surface area (Å²) in [6, 6.07) is 12.9. The first-order valence-corrected chi connectivity index (χ1v) is 9.68. The minimum atomic E-state index is -0.773. The summed E-state index contributed by atoms with van der Waals surface area (Å²) in [5, 5.41) is 1.14. The van der Waals surface area contributed by atoms with Crippen LogP contribution in [0.3, 0.4) is 0 Å². The molecule has 1 fully saturated rings. The molecule has 4 rings (SSSR count). The molecule has 3 nitrogen and oxygen atoms in total. The minimum Gasteiger partial charge on any atom is -0.296 e. The predicted octanol–water partition coefficient (Wildman–Crippen LogP) is 4.45. The van der Waals surface area contributed by atoms with E-state index < -0.39 is 11.6 Å². The summed E-state index contributed by atoms with van der Waals surface area (Å²) in [6.45, 7) is 6.12. The number of nitrogens with zero attached hydrogens (tertiary/aromatic N) is 3. The van der Waals surface area contributed by atoms with Crippen LogP contribution >= 0.6 is 11.3 Å². The third-order valence-electron chi connectivity index (χ3n) is 5.05. The Balaban J connectivity index is 1.39. The topological polar surface area (TPSA) is 19.4 Å². The fourth-order valence-electron chi connectivity index (χ4n) is 3.45. The van der Waals surface area contributed by atoms with Crippen molar-refractivity contribution >= 4 is 21.6 Å². The number of thiazole rings is 1. The molecule has 3 aromatic rings. The van der Waals surface area contributed by atoms with E-state index in [1.807, 2.05) is 18.2 Å². The monoisotopic (exact) mass is 373 g/mol. The molecule has 2 aromatic carbocycles. The normalized spacial score (nSPS) is 17.7. The van der Waals surface area contributed by atoms with E-state index in [0.717, 1.165) is 42.8 Å². The second-order valence-corrected chi connectivity index (χ2v) is 7.78. The first-order chi connectivity index (χ1) is 12.6. The largest absolute Gasteiger partial charge is 0.296 e. The number of hydrogen-bond acceptors (Lipinski definition) is 4. The summed E-state index contributed by atoms with van der Waals surface area (Å²) in [5.41, 5.74) is 1.48. The van der Waals surface area contributed by atoms with Crippen molar-refractivity contribution in [2.45, 2.75) is 19.5 Å². The summed E-state index contributed by atoms with van der Waals surface area (Å²) < 4.78 is 28.5. The van der Waals surface area contributed by atoms with Crippen molar-refractivity contribution in [1.29, 1.82) is 0 Å². The fraction of sp³-hybridized carbons (Fsp3) is 0.350. The molecule has 1 aliphatic rings. The molecule has 1 aromatic heterocycles. The highest BCUT2D eigenvalue weighted by atomic mass is 32.1. The minimum absolute atomic E-state index is 0.264. The maximum absolute atomic E-state index is 13.9. The van der Waals surface area contributed by atoms with E-state index in [9.17, 15) is 8.78 Å². The van der Waals surface area contributed by atoms with Gasteiger partial charge < -0.3 is 0 Å². The number of hydrogen-bond donors (Lipinski definition) is 0. The van der Waals surface area contributed by atoms with Crippen molar-refractivity contribution < 1.29 is 8.78 Å². The van der Waals surface area contributed by atoms with Gasteiger partial charge in [-0.25, -0.2) is 13.8 Å². The quantitative estimate of drug-likeness (QED) is 0.673. The molecule has 0 aliphatic carbocycles. The van der Waals surface area contributed by atoms with Gasteiger partial charge in [0.25, 0.3) is 0 Å². The average Bonchev–Trinajstić information content (AvgIpc) is 3.10. The van der Waals surface area contributed by atoms with Crippen LogP contribution in [0.15, 0.2) is 42.5 Å². The zero-order chi connectivity index (χ0) is 18.1. The average molecular weight is 373 g/mol. The number of rotatable bonds is 4. The van der Waals surface area contributed by atoms with Gasteiger partial charge in [-0.2, -0.15) is 0 Å². The van der Waals surface area contributed by atoms with Crippen molar-refractivity contribution in [3.05, 3.63) is 64.7 Å². The van der Waals surface area contributed by atoms with Crippen LogP contribution in [0.4, 0.5) is 8.78 Å². The van der Waals surface area contributed by atoms with E-state index in [-0.39, 0.29) is 6.04 Å². The van der Waals surface area contributed by atoms with Gasteiger partial charge in [-0.05, 0) is 25.1 Å². The molecule has 0 unspecified atom stereocenters. The molecule has 0 radical (unpaired) electrons. The van der Waals surface area contributed by atoms with E-state index >= 15 is 0 Å². The molecule has 0 saturated carbocycles. The van der Waals surface area contributed by atoms with Gasteiger partial charge in [0.05, 0.1) is 16.3 Å². The smallest absolute Gasteiger partial charge is 0.163 e. The van der Waals surface area contributed by atoms with Gasteiger partial charge in [-0.1, -0.05) is 24.3 Å². The SMILES string of the molecule is C[C@@H](c1nc2ccccc2s1)N1CCN(Cc2cccc(F)c2F)CC1. The lowest BCUT2D eigenvalue weighted by molar-refractivity contribution is 0.0969. The second-order valence-electron chi connectivity index (χ2n) is 6.72. The fourth-order valence-corrected chi connectivity index (χ4v) is 4.50. The number of piperazine rings is 1. The Kier molecular flexibility index (Phi) is 4.98. The van der Waals surface area contributed by atoms with E-state index in [1.54, 1.807) is 23.5 Å². The Hall–Kier alpha value is -1.89. The Bertz CT molecular complexity index is 870. The van der Waals surface area contributed by atoms with Crippen LogP contribution in [-0.4, -0.2) is 41.0 Å². The third kappa shape index (κ3) is 3.49. The zero-order valence-corrected chi connectivity index (χ0v) is 15.5.